The Morgan fingerprint density at radius 1 is 1.10 bits per heavy atom. The first-order valence-corrected chi connectivity index (χ1v) is 9.78. The normalized spacial score (nSPS) is 15.3. The predicted octanol–water partition coefficient (Wildman–Crippen LogP) is 3.72. The number of rotatable bonds is 7. The lowest BCUT2D eigenvalue weighted by atomic mass is 10.1. The zero-order valence-corrected chi connectivity index (χ0v) is 17.0. The molecule has 0 spiro atoms. The molecule has 1 N–H and O–H groups in total. The van der Waals surface area contributed by atoms with Crippen molar-refractivity contribution in [3.63, 3.8) is 0 Å². The van der Waals surface area contributed by atoms with E-state index in [9.17, 15) is 4.79 Å². The molecule has 0 saturated heterocycles. The number of nitrogens with one attached hydrogen (secondary N) is 1. The summed E-state index contributed by atoms with van der Waals surface area (Å²) in [6.07, 6.45) is 3.79. The minimum absolute atomic E-state index is 0.0340. The molecule has 6 heteroatoms. The van der Waals surface area contributed by atoms with Gasteiger partial charge in [-0.25, -0.2) is 0 Å². The molecular formula is C23H26N2O4. The Morgan fingerprint density at radius 2 is 1.90 bits per heavy atom. The molecule has 6 nitrogen and oxygen atoms in total. The number of nitrogens with zero attached hydrogens (tertiary/aromatic N) is 1. The van der Waals surface area contributed by atoms with Crippen LogP contribution in [0.1, 0.15) is 33.9 Å². The lowest BCUT2D eigenvalue weighted by Gasteiger charge is -2.16. The summed E-state index contributed by atoms with van der Waals surface area (Å²) in [5.41, 5.74) is 3.98. The molecule has 1 aliphatic carbocycles. The highest BCUT2D eigenvalue weighted by Gasteiger charge is 2.26. The van der Waals surface area contributed by atoms with Crippen LogP contribution in [0.3, 0.4) is 0 Å². The Bertz CT molecular complexity index is 1040. The number of carbonyl (C=O) groups is 1. The number of benzene rings is 2. The summed E-state index contributed by atoms with van der Waals surface area (Å²) in [6.45, 7) is 1.38. The molecule has 2 aromatic carbocycles. The van der Waals surface area contributed by atoms with Crippen molar-refractivity contribution >= 4 is 16.8 Å². The van der Waals surface area contributed by atoms with Gasteiger partial charge in [-0.05, 0) is 59.7 Å². The highest BCUT2D eigenvalue weighted by atomic mass is 16.5. The first-order valence-electron chi connectivity index (χ1n) is 9.78. The van der Waals surface area contributed by atoms with Crippen molar-refractivity contribution in [2.24, 2.45) is 0 Å². The van der Waals surface area contributed by atoms with Crippen LogP contribution in [0.15, 0.2) is 42.6 Å². The maximum atomic E-state index is 13.0. The van der Waals surface area contributed by atoms with E-state index in [0.29, 0.717) is 17.9 Å². The van der Waals surface area contributed by atoms with Gasteiger partial charge in [-0.3, -0.25) is 4.79 Å². The number of fused-ring (bicyclic) bond motifs is 2. The standard InChI is InChI=1S/C23H26N2O4/c1-27-11-10-25-9-8-15-4-5-17(12-20(15)25)23(26)24-19-7-6-16-13-21(28-2)22(29-3)14-18(16)19/h4-5,8-9,12-14,19H,6-7,10-11H2,1-3H3,(H,24,26)/t19-/m1/s1. The van der Waals surface area contributed by atoms with E-state index in [1.54, 1.807) is 21.3 Å². The van der Waals surface area contributed by atoms with E-state index < -0.39 is 0 Å². The lowest BCUT2D eigenvalue weighted by molar-refractivity contribution is 0.0937. The van der Waals surface area contributed by atoms with Crippen LogP contribution in [0, 0.1) is 0 Å². The van der Waals surface area contributed by atoms with Gasteiger partial charge in [0.2, 0.25) is 0 Å². The smallest absolute Gasteiger partial charge is 0.251 e. The van der Waals surface area contributed by atoms with Crippen LogP contribution in [0.4, 0.5) is 0 Å². The van der Waals surface area contributed by atoms with Crippen LogP contribution in [-0.4, -0.2) is 38.4 Å². The molecular weight excluding hydrogens is 368 g/mol. The Morgan fingerprint density at radius 3 is 2.66 bits per heavy atom. The summed E-state index contributed by atoms with van der Waals surface area (Å²) in [7, 11) is 4.95. The highest BCUT2D eigenvalue weighted by molar-refractivity contribution is 5.98. The number of aromatic nitrogens is 1. The minimum atomic E-state index is -0.0703. The van der Waals surface area contributed by atoms with E-state index in [0.717, 1.165) is 41.6 Å². The van der Waals surface area contributed by atoms with Gasteiger partial charge in [0.25, 0.3) is 5.91 Å². The Hall–Kier alpha value is -2.99. The second-order valence-electron chi connectivity index (χ2n) is 7.25. The van der Waals surface area contributed by atoms with E-state index >= 15 is 0 Å². The van der Waals surface area contributed by atoms with Gasteiger partial charge in [0.1, 0.15) is 0 Å². The highest BCUT2D eigenvalue weighted by Crippen LogP contribution is 2.39. The molecule has 4 rings (SSSR count). The molecule has 0 aliphatic heterocycles. The molecule has 1 amide bonds. The topological polar surface area (TPSA) is 61.7 Å². The fourth-order valence-electron chi connectivity index (χ4n) is 4.03. The maximum Gasteiger partial charge on any atom is 0.251 e. The summed E-state index contributed by atoms with van der Waals surface area (Å²) in [6, 6.07) is 11.8. The van der Waals surface area contributed by atoms with Crippen molar-refractivity contribution < 1.29 is 19.0 Å². The van der Waals surface area contributed by atoms with Gasteiger partial charge in [0.15, 0.2) is 11.5 Å². The van der Waals surface area contributed by atoms with Gasteiger partial charge in [0, 0.05) is 30.9 Å². The van der Waals surface area contributed by atoms with Crippen molar-refractivity contribution in [2.75, 3.05) is 27.9 Å². The Kier molecular flexibility index (Phi) is 5.45. The van der Waals surface area contributed by atoms with Gasteiger partial charge in [-0.2, -0.15) is 0 Å². The summed E-state index contributed by atoms with van der Waals surface area (Å²) < 4.78 is 18.1. The fourth-order valence-corrected chi connectivity index (χ4v) is 4.03. The van der Waals surface area contributed by atoms with Crippen LogP contribution in [-0.2, 0) is 17.7 Å². The second-order valence-corrected chi connectivity index (χ2v) is 7.25. The van der Waals surface area contributed by atoms with Crippen molar-refractivity contribution in [3.8, 4) is 11.5 Å². The van der Waals surface area contributed by atoms with Crippen LogP contribution in [0.25, 0.3) is 10.9 Å². The zero-order valence-electron chi connectivity index (χ0n) is 17.0. The summed E-state index contributed by atoms with van der Waals surface area (Å²) in [5, 5.41) is 4.30. The maximum absolute atomic E-state index is 13.0. The molecule has 0 radical (unpaired) electrons. The number of carbonyl (C=O) groups excluding carboxylic acids is 1. The SMILES string of the molecule is COCCn1ccc2ccc(C(=O)N[C@@H]3CCc4cc(OC)c(OC)cc43)cc21. The Balaban J connectivity index is 1.56. The van der Waals surface area contributed by atoms with Crippen molar-refractivity contribution in [3.05, 3.63) is 59.3 Å². The fraction of sp³-hybridized carbons (Fsp3) is 0.348. The second kappa shape index (κ2) is 8.17. The molecule has 1 aromatic heterocycles. The first-order chi connectivity index (χ1) is 14.1. The first kappa shape index (κ1) is 19.3. The predicted molar refractivity (Wildman–Crippen MR) is 112 cm³/mol. The van der Waals surface area contributed by atoms with E-state index in [4.69, 9.17) is 14.2 Å². The van der Waals surface area contributed by atoms with E-state index in [-0.39, 0.29) is 11.9 Å². The lowest BCUT2D eigenvalue weighted by Crippen LogP contribution is -2.27. The van der Waals surface area contributed by atoms with Gasteiger partial charge >= 0.3 is 0 Å². The van der Waals surface area contributed by atoms with Crippen LogP contribution in [0.2, 0.25) is 0 Å². The quantitative estimate of drug-likeness (QED) is 0.663. The Labute approximate surface area is 170 Å². The zero-order chi connectivity index (χ0) is 20.4. The third-order valence-corrected chi connectivity index (χ3v) is 5.60. The van der Waals surface area contributed by atoms with Crippen molar-refractivity contribution in [2.45, 2.75) is 25.4 Å². The van der Waals surface area contributed by atoms with Crippen LogP contribution >= 0.6 is 0 Å². The molecule has 0 unspecified atom stereocenters. The molecule has 3 aromatic rings. The summed E-state index contributed by atoms with van der Waals surface area (Å²) in [4.78, 5) is 13.0. The van der Waals surface area contributed by atoms with Crippen LogP contribution < -0.4 is 14.8 Å². The van der Waals surface area contributed by atoms with Gasteiger partial charge < -0.3 is 24.1 Å². The molecule has 1 heterocycles. The van der Waals surface area contributed by atoms with Crippen molar-refractivity contribution in [1.29, 1.82) is 0 Å². The van der Waals surface area contributed by atoms with Gasteiger partial charge in [0.05, 0.1) is 26.9 Å². The number of methoxy groups -OCH3 is 3. The number of hydrogen-bond donors (Lipinski definition) is 1. The van der Waals surface area contributed by atoms with Crippen molar-refractivity contribution in [1.82, 2.24) is 9.88 Å². The molecule has 1 atom stereocenters. The molecule has 152 valence electrons. The molecule has 29 heavy (non-hydrogen) atoms. The largest absolute Gasteiger partial charge is 0.493 e. The van der Waals surface area contributed by atoms with E-state index in [2.05, 4.69) is 16.0 Å². The third kappa shape index (κ3) is 3.68. The average molecular weight is 394 g/mol. The monoisotopic (exact) mass is 394 g/mol. The number of ether oxygens (including phenoxy) is 3. The molecule has 0 bridgehead atoms. The third-order valence-electron chi connectivity index (χ3n) is 5.60. The van der Waals surface area contributed by atoms with Crippen LogP contribution in [0.5, 0.6) is 11.5 Å². The summed E-state index contributed by atoms with van der Waals surface area (Å²) >= 11 is 0. The van der Waals surface area contributed by atoms with E-state index in [1.807, 2.05) is 36.5 Å². The number of hydrogen-bond acceptors (Lipinski definition) is 4. The number of amides is 1. The number of aryl methyl sites for hydroxylation is 1. The summed E-state index contributed by atoms with van der Waals surface area (Å²) in [5.74, 6) is 1.34. The minimum Gasteiger partial charge on any atom is -0.493 e. The van der Waals surface area contributed by atoms with Gasteiger partial charge in [-0.15, -0.1) is 0 Å². The van der Waals surface area contributed by atoms with Gasteiger partial charge in [-0.1, -0.05) is 6.07 Å². The average Bonchev–Trinajstić information content (AvgIpc) is 3.34. The van der Waals surface area contributed by atoms with E-state index in [1.165, 1.54) is 5.56 Å². The molecule has 1 aliphatic rings. The molecule has 0 fully saturated rings. The molecule has 0 saturated carbocycles.